The Morgan fingerprint density at radius 3 is 2.64 bits per heavy atom. The lowest BCUT2D eigenvalue weighted by Crippen LogP contribution is -2.49. The van der Waals surface area contributed by atoms with Gasteiger partial charge in [0.25, 0.3) is 0 Å². The molecule has 3 N–H and O–H groups in total. The normalized spacial score (nSPS) is 17.2. The molecule has 2 saturated heterocycles. The predicted molar refractivity (Wildman–Crippen MR) is 173 cm³/mol. The Hall–Kier alpha value is -4.97. The van der Waals surface area contributed by atoms with Gasteiger partial charge in [0.1, 0.15) is 41.0 Å². The van der Waals surface area contributed by atoms with Crippen LogP contribution in [0.4, 0.5) is 27.4 Å². The van der Waals surface area contributed by atoms with Gasteiger partial charge in [0.2, 0.25) is 5.91 Å². The number of hydrogen-bond donors (Lipinski definition) is 3. The van der Waals surface area contributed by atoms with Gasteiger partial charge in [-0.25, -0.2) is 19.3 Å². The van der Waals surface area contributed by atoms with Crippen molar-refractivity contribution in [1.29, 1.82) is 0 Å². The number of aromatic nitrogens is 3. The molecule has 2 aliphatic rings. The number of nitrogens with zero attached hydrogens (tertiary/aromatic N) is 5. The number of methoxy groups -OCH3 is 1. The standard InChI is InChI=1S/C33H37FN8O3/c1-4-32(43)41-12-8-22(9-13-41)39-29-17-25-28(18-30(29)44-3)37-20-38-33(25)40-27-6-5-23(15-26(27)34)45-24-7-10-36-31(16-24)42-14-11-35-21(2)19-42/h4-7,10,15-18,20-22,35,39H,1,8-9,11-14,19H2,2-3H3,(H,37,38,40)/t21-/m0/s1. The minimum atomic E-state index is -0.489. The van der Waals surface area contributed by atoms with E-state index in [0.717, 1.165) is 44.0 Å². The van der Waals surface area contributed by atoms with E-state index < -0.39 is 5.82 Å². The number of hydrogen-bond acceptors (Lipinski definition) is 10. The third kappa shape index (κ3) is 6.91. The van der Waals surface area contributed by atoms with Crippen molar-refractivity contribution in [2.45, 2.75) is 31.8 Å². The molecule has 2 aliphatic heterocycles. The number of fused-ring (bicyclic) bond motifs is 1. The largest absolute Gasteiger partial charge is 0.495 e. The number of piperazine rings is 1. The van der Waals surface area contributed by atoms with Gasteiger partial charge in [0.15, 0.2) is 0 Å². The summed E-state index contributed by atoms with van der Waals surface area (Å²) in [6.07, 6.45) is 6.05. The average Bonchev–Trinajstić information content (AvgIpc) is 3.06. The number of carbonyl (C=O) groups is 1. The SMILES string of the molecule is C=CC(=O)N1CCC(Nc2cc3c(Nc4ccc(Oc5ccnc(N6CCN[C@@H](C)C6)c5)cc4F)ncnc3cc2OC)CC1. The summed E-state index contributed by atoms with van der Waals surface area (Å²) in [5.74, 6) is 2.33. The fourth-order valence-electron chi connectivity index (χ4n) is 5.76. The third-order valence-electron chi connectivity index (χ3n) is 8.14. The molecule has 2 aromatic heterocycles. The lowest BCUT2D eigenvalue weighted by molar-refractivity contribution is -0.126. The van der Waals surface area contributed by atoms with E-state index in [-0.39, 0.29) is 17.6 Å². The average molecular weight is 613 g/mol. The fourth-order valence-corrected chi connectivity index (χ4v) is 5.76. The van der Waals surface area contributed by atoms with E-state index in [4.69, 9.17) is 9.47 Å². The Kier molecular flexibility index (Phi) is 8.92. The first kappa shape index (κ1) is 30.1. The lowest BCUT2D eigenvalue weighted by Gasteiger charge is -2.32. The molecule has 45 heavy (non-hydrogen) atoms. The van der Waals surface area contributed by atoms with Crippen LogP contribution in [-0.2, 0) is 4.79 Å². The second kappa shape index (κ2) is 13.3. The molecule has 0 aliphatic carbocycles. The number of anilines is 4. The summed E-state index contributed by atoms with van der Waals surface area (Å²) >= 11 is 0. The number of carbonyl (C=O) groups excluding carboxylic acids is 1. The van der Waals surface area contributed by atoms with Gasteiger partial charge in [-0.2, -0.15) is 0 Å². The maximum absolute atomic E-state index is 15.4. The molecule has 2 aromatic carbocycles. The Morgan fingerprint density at radius 1 is 1.07 bits per heavy atom. The van der Waals surface area contributed by atoms with E-state index in [1.807, 2.05) is 18.2 Å². The number of benzene rings is 2. The first-order chi connectivity index (χ1) is 21.9. The molecule has 6 rings (SSSR count). The molecule has 0 saturated carbocycles. The van der Waals surface area contributed by atoms with Gasteiger partial charge in [-0.3, -0.25) is 4.79 Å². The number of nitrogens with one attached hydrogen (secondary N) is 3. The summed E-state index contributed by atoms with van der Waals surface area (Å²) in [7, 11) is 1.61. The summed E-state index contributed by atoms with van der Waals surface area (Å²) < 4.78 is 27.1. The summed E-state index contributed by atoms with van der Waals surface area (Å²) in [6.45, 7) is 9.61. The number of piperidine rings is 1. The van der Waals surface area contributed by atoms with Crippen LogP contribution in [0, 0.1) is 5.82 Å². The summed E-state index contributed by atoms with van der Waals surface area (Å²) in [5.41, 5.74) is 1.67. The first-order valence-corrected chi connectivity index (χ1v) is 15.1. The zero-order valence-electron chi connectivity index (χ0n) is 25.4. The molecular weight excluding hydrogens is 575 g/mol. The highest BCUT2D eigenvalue weighted by Gasteiger charge is 2.23. The quantitative estimate of drug-likeness (QED) is 0.221. The molecular formula is C33H37FN8O3. The third-order valence-corrected chi connectivity index (χ3v) is 8.14. The summed E-state index contributed by atoms with van der Waals surface area (Å²) in [5, 5.41) is 10.8. The van der Waals surface area contributed by atoms with Gasteiger partial charge in [0, 0.05) is 74.6 Å². The van der Waals surface area contributed by atoms with E-state index in [0.29, 0.717) is 53.1 Å². The lowest BCUT2D eigenvalue weighted by atomic mass is 10.0. The van der Waals surface area contributed by atoms with Crippen molar-refractivity contribution in [1.82, 2.24) is 25.2 Å². The second-order valence-corrected chi connectivity index (χ2v) is 11.3. The van der Waals surface area contributed by atoms with Crippen LogP contribution >= 0.6 is 0 Å². The molecule has 0 bridgehead atoms. The van der Waals surface area contributed by atoms with E-state index in [1.165, 1.54) is 18.5 Å². The zero-order chi connectivity index (χ0) is 31.3. The highest BCUT2D eigenvalue weighted by molar-refractivity contribution is 5.95. The molecule has 0 radical (unpaired) electrons. The van der Waals surface area contributed by atoms with Crippen molar-refractivity contribution in [3.05, 3.63) is 73.5 Å². The summed E-state index contributed by atoms with van der Waals surface area (Å²) in [6, 6.07) is 12.6. The number of likely N-dealkylation sites (tertiary alicyclic amines) is 1. The molecule has 4 heterocycles. The van der Waals surface area contributed by atoms with E-state index >= 15 is 4.39 Å². The Bertz CT molecular complexity index is 1690. The number of amides is 1. The predicted octanol–water partition coefficient (Wildman–Crippen LogP) is 5.10. The van der Waals surface area contributed by atoms with Crippen molar-refractivity contribution in [2.75, 3.05) is 55.4 Å². The molecule has 0 spiro atoms. The van der Waals surface area contributed by atoms with Crippen LogP contribution in [0.2, 0.25) is 0 Å². The molecule has 234 valence electrons. The van der Waals surface area contributed by atoms with Gasteiger partial charge in [-0.15, -0.1) is 0 Å². The van der Waals surface area contributed by atoms with Crippen molar-refractivity contribution in [3.8, 4) is 17.2 Å². The van der Waals surface area contributed by atoms with Gasteiger partial charge in [-0.1, -0.05) is 6.58 Å². The van der Waals surface area contributed by atoms with Gasteiger partial charge < -0.3 is 35.2 Å². The summed E-state index contributed by atoms with van der Waals surface area (Å²) in [4.78, 5) is 29.3. The van der Waals surface area contributed by atoms with Crippen LogP contribution in [0.5, 0.6) is 17.2 Å². The molecule has 12 heteroatoms. The van der Waals surface area contributed by atoms with Gasteiger partial charge >= 0.3 is 0 Å². The second-order valence-electron chi connectivity index (χ2n) is 11.3. The maximum atomic E-state index is 15.4. The van der Waals surface area contributed by atoms with Crippen LogP contribution < -0.4 is 30.3 Å². The highest BCUT2D eigenvalue weighted by atomic mass is 19.1. The molecule has 1 amide bonds. The number of halogens is 1. The van der Waals surface area contributed by atoms with Gasteiger partial charge in [-0.05, 0) is 50.1 Å². The smallest absolute Gasteiger partial charge is 0.245 e. The number of pyridine rings is 1. The Labute approximate surface area is 261 Å². The Morgan fingerprint density at radius 2 is 1.89 bits per heavy atom. The topological polar surface area (TPSA) is 117 Å². The van der Waals surface area contributed by atoms with Gasteiger partial charge in [0.05, 0.1) is 24.0 Å². The number of ether oxygens (including phenoxy) is 2. The zero-order valence-corrected chi connectivity index (χ0v) is 25.4. The minimum Gasteiger partial charge on any atom is -0.495 e. The van der Waals surface area contributed by atoms with E-state index in [9.17, 15) is 4.79 Å². The molecule has 11 nitrogen and oxygen atoms in total. The monoisotopic (exact) mass is 612 g/mol. The fraction of sp³-hybridized carbons (Fsp3) is 0.333. The van der Waals surface area contributed by atoms with E-state index in [2.05, 4.69) is 49.3 Å². The van der Waals surface area contributed by atoms with Crippen LogP contribution in [0.25, 0.3) is 10.9 Å². The van der Waals surface area contributed by atoms with Crippen molar-refractivity contribution in [2.24, 2.45) is 0 Å². The Balaban J connectivity index is 1.18. The van der Waals surface area contributed by atoms with Crippen LogP contribution in [0.3, 0.4) is 0 Å². The maximum Gasteiger partial charge on any atom is 0.245 e. The first-order valence-electron chi connectivity index (χ1n) is 15.1. The van der Waals surface area contributed by atoms with Crippen molar-refractivity contribution in [3.63, 3.8) is 0 Å². The highest BCUT2D eigenvalue weighted by Crippen LogP contribution is 2.35. The molecule has 1 atom stereocenters. The van der Waals surface area contributed by atoms with Crippen LogP contribution in [-0.4, -0.2) is 77.7 Å². The van der Waals surface area contributed by atoms with Crippen molar-refractivity contribution < 1.29 is 18.7 Å². The van der Waals surface area contributed by atoms with Crippen LogP contribution in [0.1, 0.15) is 19.8 Å². The minimum absolute atomic E-state index is 0.0524. The molecule has 0 unspecified atom stereocenters. The van der Waals surface area contributed by atoms with Crippen LogP contribution in [0.15, 0.2) is 67.6 Å². The van der Waals surface area contributed by atoms with Crippen molar-refractivity contribution >= 4 is 39.8 Å². The molecule has 4 aromatic rings. The molecule has 2 fully saturated rings. The van der Waals surface area contributed by atoms with E-state index in [1.54, 1.807) is 36.4 Å². The number of rotatable bonds is 9.